The summed E-state index contributed by atoms with van der Waals surface area (Å²) in [6.07, 6.45) is 3.25. The number of carbonyl (C=O) groups excluding carboxylic acids is 1. The first-order chi connectivity index (χ1) is 5.27. The molecule has 0 aliphatic carbocycles. The third-order valence-corrected chi connectivity index (χ3v) is 2.68. The van der Waals surface area contributed by atoms with Gasteiger partial charge in [0, 0.05) is 12.7 Å². The van der Waals surface area contributed by atoms with Crippen LogP contribution in [-0.4, -0.2) is 16.6 Å². The summed E-state index contributed by atoms with van der Waals surface area (Å²) in [5.74, 6) is 2.23. The number of hydrogen-bond donors (Lipinski definition) is 0. The molecule has 0 aliphatic rings. The van der Waals surface area contributed by atoms with Crippen LogP contribution < -0.4 is 0 Å². The van der Waals surface area contributed by atoms with Gasteiger partial charge in [0.25, 0.3) is 0 Å². The van der Waals surface area contributed by atoms with E-state index in [9.17, 15) is 4.79 Å². The van der Waals surface area contributed by atoms with E-state index in [0.717, 1.165) is 5.75 Å². The van der Waals surface area contributed by atoms with Crippen LogP contribution in [0.5, 0.6) is 0 Å². The molecule has 3 heteroatoms. The highest BCUT2D eigenvalue weighted by Crippen LogP contribution is 2.06. The molecular weight excluding hydrogens is 176 g/mol. The fraction of sp³-hybridized carbons (Fsp3) is 0.625. The average Bonchev–Trinajstić information content (AvgIpc) is 1.96. The van der Waals surface area contributed by atoms with Gasteiger partial charge in [0.1, 0.15) is 0 Å². The first-order valence-corrected chi connectivity index (χ1v) is 5.70. The van der Waals surface area contributed by atoms with Crippen LogP contribution in [0.1, 0.15) is 20.3 Å². The average molecular weight is 190 g/mol. The number of thioether (sulfide) groups is 2. The topological polar surface area (TPSA) is 17.1 Å². The van der Waals surface area contributed by atoms with Crippen molar-refractivity contribution < 1.29 is 4.79 Å². The number of carbonyl (C=O) groups is 1. The van der Waals surface area contributed by atoms with Gasteiger partial charge in [0.2, 0.25) is 0 Å². The van der Waals surface area contributed by atoms with E-state index in [1.165, 1.54) is 23.9 Å². The smallest absolute Gasteiger partial charge is 0.190 e. The maximum Gasteiger partial charge on any atom is 0.190 e. The van der Waals surface area contributed by atoms with Gasteiger partial charge in [-0.25, -0.2) is 0 Å². The molecule has 0 saturated heterocycles. The molecule has 1 nitrogen and oxygen atoms in total. The molecule has 0 amide bonds. The maximum atomic E-state index is 10.4. The van der Waals surface area contributed by atoms with Gasteiger partial charge < -0.3 is 0 Å². The molecule has 0 rings (SSSR count). The van der Waals surface area contributed by atoms with Crippen molar-refractivity contribution in [2.75, 3.05) is 11.5 Å². The normalized spacial score (nSPS) is 10.7. The summed E-state index contributed by atoms with van der Waals surface area (Å²) in [6, 6.07) is 0. The fourth-order valence-corrected chi connectivity index (χ4v) is 1.67. The molecule has 11 heavy (non-hydrogen) atoms. The highest BCUT2D eigenvalue weighted by molar-refractivity contribution is 8.16. The second kappa shape index (κ2) is 8.21. The largest absolute Gasteiger partial charge is 0.287 e. The van der Waals surface area contributed by atoms with Crippen LogP contribution in [-0.2, 0) is 4.79 Å². The van der Waals surface area contributed by atoms with E-state index < -0.39 is 0 Å². The van der Waals surface area contributed by atoms with Gasteiger partial charge in [0.05, 0.1) is 0 Å². The Hall–Kier alpha value is 0.110. The summed E-state index contributed by atoms with van der Waals surface area (Å²) in [5, 5.41) is 2.02. The maximum absolute atomic E-state index is 10.4. The Morgan fingerprint density at radius 1 is 1.55 bits per heavy atom. The Kier molecular flexibility index (Phi) is 8.29. The number of rotatable bonds is 5. The van der Waals surface area contributed by atoms with E-state index in [1.54, 1.807) is 6.92 Å². The van der Waals surface area contributed by atoms with Crippen LogP contribution in [0.2, 0.25) is 0 Å². The molecule has 0 aliphatic heterocycles. The fourth-order valence-electron chi connectivity index (χ4n) is 0.479. The summed E-state index contributed by atoms with van der Waals surface area (Å²) in [5.41, 5.74) is 0. The van der Waals surface area contributed by atoms with Crippen molar-refractivity contribution in [1.29, 1.82) is 0 Å². The minimum Gasteiger partial charge on any atom is -0.287 e. The molecule has 0 saturated carbocycles. The van der Waals surface area contributed by atoms with Crippen LogP contribution in [0.4, 0.5) is 0 Å². The van der Waals surface area contributed by atoms with E-state index in [4.69, 9.17) is 0 Å². The van der Waals surface area contributed by atoms with E-state index >= 15 is 0 Å². The summed E-state index contributed by atoms with van der Waals surface area (Å²) in [6.45, 7) is 3.75. The lowest BCUT2D eigenvalue weighted by molar-refractivity contribution is -0.109. The van der Waals surface area contributed by atoms with Gasteiger partial charge >= 0.3 is 0 Å². The van der Waals surface area contributed by atoms with Gasteiger partial charge in [-0.2, -0.15) is 11.8 Å². The molecule has 64 valence electrons. The van der Waals surface area contributed by atoms with Crippen LogP contribution >= 0.6 is 23.5 Å². The summed E-state index contributed by atoms with van der Waals surface area (Å²) < 4.78 is 0. The Balaban J connectivity index is 3.10. The summed E-state index contributed by atoms with van der Waals surface area (Å²) in [7, 11) is 0. The minimum atomic E-state index is 0.154. The monoisotopic (exact) mass is 190 g/mol. The molecule has 0 unspecified atom stereocenters. The Morgan fingerprint density at radius 3 is 2.82 bits per heavy atom. The Morgan fingerprint density at radius 2 is 2.27 bits per heavy atom. The van der Waals surface area contributed by atoms with E-state index in [1.807, 2.05) is 23.2 Å². The minimum absolute atomic E-state index is 0.154. The Bertz CT molecular complexity index is 132. The van der Waals surface area contributed by atoms with Crippen molar-refractivity contribution in [3.8, 4) is 0 Å². The molecule has 0 heterocycles. The third kappa shape index (κ3) is 10.1. The summed E-state index contributed by atoms with van der Waals surface area (Å²) in [4.78, 5) is 10.4. The molecule has 0 aromatic rings. The quantitative estimate of drug-likeness (QED) is 0.620. The molecule has 0 aromatic carbocycles. The van der Waals surface area contributed by atoms with Gasteiger partial charge in [-0.1, -0.05) is 24.8 Å². The highest BCUT2D eigenvalue weighted by atomic mass is 32.2. The van der Waals surface area contributed by atoms with Crippen molar-refractivity contribution in [3.05, 3.63) is 11.5 Å². The zero-order chi connectivity index (χ0) is 8.53. The zero-order valence-corrected chi connectivity index (χ0v) is 8.63. The first-order valence-electron chi connectivity index (χ1n) is 3.67. The van der Waals surface area contributed by atoms with Crippen molar-refractivity contribution in [2.45, 2.75) is 20.3 Å². The van der Waals surface area contributed by atoms with Gasteiger partial charge in [-0.15, -0.1) is 0 Å². The molecule has 0 spiro atoms. The first kappa shape index (κ1) is 11.1. The van der Waals surface area contributed by atoms with E-state index in [-0.39, 0.29) is 5.12 Å². The van der Waals surface area contributed by atoms with E-state index in [0.29, 0.717) is 0 Å². The number of hydrogen-bond acceptors (Lipinski definition) is 3. The molecule has 0 fully saturated rings. The third-order valence-electron chi connectivity index (χ3n) is 0.893. The second-order valence-corrected chi connectivity index (χ2v) is 4.29. The molecule has 0 aromatic heterocycles. The van der Waals surface area contributed by atoms with Gasteiger partial charge in [-0.05, 0) is 17.6 Å². The van der Waals surface area contributed by atoms with Crippen molar-refractivity contribution in [3.63, 3.8) is 0 Å². The lowest BCUT2D eigenvalue weighted by Crippen LogP contribution is -1.77. The highest BCUT2D eigenvalue weighted by Gasteiger charge is 1.86. The standard InChI is InChI=1S/C8H14OS2/c1-3-5-10-6-4-7-11-8(2)9/h4,7H,3,5-6H2,1-2H3/b7-4+. The van der Waals surface area contributed by atoms with Gasteiger partial charge in [-0.3, -0.25) is 4.79 Å². The van der Waals surface area contributed by atoms with Crippen LogP contribution in [0.3, 0.4) is 0 Å². The van der Waals surface area contributed by atoms with Gasteiger partial charge in [0.15, 0.2) is 5.12 Å². The molecular formula is C8H14OS2. The lowest BCUT2D eigenvalue weighted by Gasteiger charge is -1.90. The van der Waals surface area contributed by atoms with Crippen LogP contribution in [0.15, 0.2) is 11.5 Å². The molecule has 0 radical (unpaired) electrons. The Labute approximate surface area is 77.0 Å². The van der Waals surface area contributed by atoms with Crippen molar-refractivity contribution in [1.82, 2.24) is 0 Å². The molecule has 0 atom stereocenters. The SMILES string of the molecule is CCCSC/C=C/SC(C)=O. The predicted octanol–water partition coefficient (Wildman–Crippen LogP) is 2.92. The summed E-state index contributed by atoms with van der Waals surface area (Å²) >= 11 is 3.15. The molecule has 0 bridgehead atoms. The molecule has 0 N–H and O–H groups in total. The zero-order valence-electron chi connectivity index (χ0n) is 7.00. The van der Waals surface area contributed by atoms with Crippen LogP contribution in [0.25, 0.3) is 0 Å². The predicted molar refractivity (Wildman–Crippen MR) is 55.0 cm³/mol. The van der Waals surface area contributed by atoms with Crippen LogP contribution in [0, 0.1) is 0 Å². The second-order valence-electron chi connectivity index (χ2n) is 2.06. The van der Waals surface area contributed by atoms with E-state index in [2.05, 4.69) is 6.92 Å². The lowest BCUT2D eigenvalue weighted by atomic mass is 10.6. The van der Waals surface area contributed by atoms with Crippen molar-refractivity contribution in [2.24, 2.45) is 0 Å². The van der Waals surface area contributed by atoms with Crippen molar-refractivity contribution >= 4 is 28.6 Å².